The lowest BCUT2D eigenvalue weighted by atomic mass is 10.0. The minimum atomic E-state index is -1.01. The second-order valence-electron chi connectivity index (χ2n) is 5.99. The van der Waals surface area contributed by atoms with Gasteiger partial charge in [0.05, 0.1) is 12.7 Å². The van der Waals surface area contributed by atoms with Crippen molar-refractivity contribution in [3.63, 3.8) is 0 Å². The van der Waals surface area contributed by atoms with Crippen molar-refractivity contribution in [2.24, 2.45) is 5.92 Å². The lowest BCUT2D eigenvalue weighted by Gasteiger charge is -2.24. The molecule has 1 saturated heterocycles. The van der Waals surface area contributed by atoms with Gasteiger partial charge in [0.1, 0.15) is 12.1 Å². The number of carboxylic acid groups (broad SMARTS) is 1. The molecule has 3 unspecified atom stereocenters. The molecule has 0 aromatic rings. The Kier molecular flexibility index (Phi) is 7.67. The largest absolute Gasteiger partial charge is 0.480 e. The number of hydrogen-bond acceptors (Lipinski definition) is 4. The highest BCUT2D eigenvalue weighted by molar-refractivity contribution is 5.86. The molecule has 1 fully saturated rings. The zero-order chi connectivity index (χ0) is 15.8. The standard InChI is InChI=1S/C15H27NO5/c1-10(2)8-13(15(18)19)16-14(17)11(3)21-9-12-6-4-5-7-20-12/h10-13H,4-9H2,1-3H3,(H,16,17)(H,18,19). The first-order valence-corrected chi connectivity index (χ1v) is 7.66. The van der Waals surface area contributed by atoms with Crippen LogP contribution in [0.3, 0.4) is 0 Å². The monoisotopic (exact) mass is 301 g/mol. The van der Waals surface area contributed by atoms with Crippen LogP contribution in [0.5, 0.6) is 0 Å². The first-order chi connectivity index (χ1) is 9.90. The third-order valence-corrected chi connectivity index (χ3v) is 3.50. The van der Waals surface area contributed by atoms with Gasteiger partial charge >= 0.3 is 5.97 Å². The minimum absolute atomic E-state index is 0.0416. The summed E-state index contributed by atoms with van der Waals surface area (Å²) >= 11 is 0. The van der Waals surface area contributed by atoms with E-state index in [1.807, 2.05) is 13.8 Å². The van der Waals surface area contributed by atoms with E-state index in [1.54, 1.807) is 6.92 Å². The molecule has 21 heavy (non-hydrogen) atoms. The zero-order valence-corrected chi connectivity index (χ0v) is 13.1. The normalized spacial score (nSPS) is 21.8. The second kappa shape index (κ2) is 9.00. The maximum atomic E-state index is 12.0. The van der Waals surface area contributed by atoms with E-state index >= 15 is 0 Å². The first kappa shape index (κ1) is 17.9. The highest BCUT2D eigenvalue weighted by Gasteiger charge is 2.25. The molecule has 3 atom stereocenters. The lowest BCUT2D eigenvalue weighted by Crippen LogP contribution is -2.46. The van der Waals surface area contributed by atoms with E-state index in [0.29, 0.717) is 13.0 Å². The fourth-order valence-corrected chi connectivity index (χ4v) is 2.25. The Morgan fingerprint density at radius 3 is 2.57 bits per heavy atom. The number of hydrogen-bond donors (Lipinski definition) is 2. The molecule has 0 spiro atoms. The van der Waals surface area contributed by atoms with E-state index in [0.717, 1.165) is 25.9 Å². The molecule has 0 saturated carbocycles. The average Bonchev–Trinajstić information content (AvgIpc) is 2.44. The number of nitrogens with one attached hydrogen (secondary N) is 1. The summed E-state index contributed by atoms with van der Waals surface area (Å²) in [6.45, 7) is 6.58. The Morgan fingerprint density at radius 2 is 2.05 bits per heavy atom. The van der Waals surface area contributed by atoms with Gasteiger partial charge in [0.25, 0.3) is 0 Å². The van der Waals surface area contributed by atoms with Gasteiger partial charge in [-0.25, -0.2) is 4.79 Å². The fraction of sp³-hybridized carbons (Fsp3) is 0.867. The lowest BCUT2D eigenvalue weighted by molar-refractivity contribution is -0.145. The van der Waals surface area contributed by atoms with Crippen LogP contribution < -0.4 is 5.32 Å². The van der Waals surface area contributed by atoms with Crippen molar-refractivity contribution >= 4 is 11.9 Å². The molecular weight excluding hydrogens is 274 g/mol. The third kappa shape index (κ3) is 6.91. The molecule has 0 aromatic carbocycles. The van der Waals surface area contributed by atoms with Crippen LogP contribution in [0.2, 0.25) is 0 Å². The molecular formula is C15H27NO5. The number of carbonyl (C=O) groups excluding carboxylic acids is 1. The number of amides is 1. The minimum Gasteiger partial charge on any atom is -0.480 e. The van der Waals surface area contributed by atoms with Crippen molar-refractivity contribution in [2.75, 3.05) is 13.2 Å². The van der Waals surface area contributed by atoms with Crippen LogP contribution in [0.4, 0.5) is 0 Å². The summed E-state index contributed by atoms with van der Waals surface area (Å²) in [4.78, 5) is 23.1. The van der Waals surface area contributed by atoms with E-state index in [9.17, 15) is 9.59 Å². The molecule has 122 valence electrons. The summed E-state index contributed by atoms with van der Waals surface area (Å²) in [7, 11) is 0. The molecule has 0 radical (unpaired) electrons. The van der Waals surface area contributed by atoms with Crippen molar-refractivity contribution in [3.8, 4) is 0 Å². The number of aliphatic carboxylic acids is 1. The Labute approximate surface area is 126 Å². The Morgan fingerprint density at radius 1 is 1.33 bits per heavy atom. The molecule has 1 heterocycles. The third-order valence-electron chi connectivity index (χ3n) is 3.50. The van der Waals surface area contributed by atoms with Crippen molar-refractivity contribution in [1.29, 1.82) is 0 Å². The summed E-state index contributed by atoms with van der Waals surface area (Å²) in [6.07, 6.45) is 2.90. The average molecular weight is 301 g/mol. The van der Waals surface area contributed by atoms with Gasteiger partial charge in [0.15, 0.2) is 0 Å². The number of carboxylic acids is 1. The molecule has 1 aliphatic rings. The molecule has 0 aromatic heterocycles. The molecule has 2 N–H and O–H groups in total. The molecule has 1 aliphatic heterocycles. The SMILES string of the molecule is CC(C)CC(NC(=O)C(C)OCC1CCCCO1)C(=O)O. The molecule has 6 heteroatoms. The molecule has 6 nitrogen and oxygen atoms in total. The van der Waals surface area contributed by atoms with Crippen LogP contribution in [0.15, 0.2) is 0 Å². The first-order valence-electron chi connectivity index (χ1n) is 7.66. The number of ether oxygens (including phenoxy) is 2. The van der Waals surface area contributed by atoms with E-state index in [1.165, 1.54) is 0 Å². The molecule has 0 aliphatic carbocycles. The van der Waals surface area contributed by atoms with Gasteiger partial charge in [0.2, 0.25) is 5.91 Å². The van der Waals surface area contributed by atoms with E-state index in [2.05, 4.69) is 5.32 Å². The quantitative estimate of drug-likeness (QED) is 0.711. The van der Waals surface area contributed by atoms with Gasteiger partial charge in [-0.15, -0.1) is 0 Å². The Bertz CT molecular complexity index is 339. The van der Waals surface area contributed by atoms with Gasteiger partial charge in [-0.2, -0.15) is 0 Å². The predicted octanol–water partition coefficient (Wildman–Crippen LogP) is 1.58. The van der Waals surface area contributed by atoms with Gasteiger partial charge in [-0.1, -0.05) is 13.8 Å². The van der Waals surface area contributed by atoms with Crippen LogP contribution in [0.1, 0.15) is 46.5 Å². The number of carbonyl (C=O) groups is 2. The summed E-state index contributed by atoms with van der Waals surface area (Å²) in [5, 5.41) is 11.6. The van der Waals surface area contributed by atoms with Crippen molar-refractivity contribution in [3.05, 3.63) is 0 Å². The maximum absolute atomic E-state index is 12.0. The van der Waals surface area contributed by atoms with Crippen LogP contribution in [-0.4, -0.2) is 48.4 Å². The smallest absolute Gasteiger partial charge is 0.326 e. The van der Waals surface area contributed by atoms with Crippen LogP contribution in [0, 0.1) is 5.92 Å². The molecule has 0 bridgehead atoms. The van der Waals surface area contributed by atoms with E-state index in [4.69, 9.17) is 14.6 Å². The zero-order valence-electron chi connectivity index (χ0n) is 13.1. The van der Waals surface area contributed by atoms with Crippen molar-refractivity contribution in [1.82, 2.24) is 5.32 Å². The Balaban J connectivity index is 2.35. The second-order valence-corrected chi connectivity index (χ2v) is 5.99. The highest BCUT2D eigenvalue weighted by Crippen LogP contribution is 2.13. The van der Waals surface area contributed by atoms with E-state index < -0.39 is 18.1 Å². The summed E-state index contributed by atoms with van der Waals surface area (Å²) < 4.78 is 11.0. The van der Waals surface area contributed by atoms with Crippen LogP contribution in [-0.2, 0) is 19.1 Å². The maximum Gasteiger partial charge on any atom is 0.326 e. The van der Waals surface area contributed by atoms with E-state index in [-0.39, 0.29) is 17.9 Å². The van der Waals surface area contributed by atoms with Crippen LogP contribution in [0.25, 0.3) is 0 Å². The van der Waals surface area contributed by atoms with Crippen molar-refractivity contribution in [2.45, 2.75) is 64.7 Å². The van der Waals surface area contributed by atoms with Gasteiger partial charge in [0, 0.05) is 6.61 Å². The summed E-state index contributed by atoms with van der Waals surface area (Å²) in [5.74, 6) is -1.21. The van der Waals surface area contributed by atoms with Gasteiger partial charge in [-0.3, -0.25) is 4.79 Å². The van der Waals surface area contributed by atoms with Gasteiger partial charge in [-0.05, 0) is 38.5 Å². The molecule has 1 amide bonds. The van der Waals surface area contributed by atoms with Crippen LogP contribution >= 0.6 is 0 Å². The molecule has 1 rings (SSSR count). The fourth-order valence-electron chi connectivity index (χ4n) is 2.25. The topological polar surface area (TPSA) is 84.9 Å². The predicted molar refractivity (Wildman–Crippen MR) is 78.0 cm³/mol. The number of rotatable bonds is 8. The summed E-state index contributed by atoms with van der Waals surface area (Å²) in [6, 6.07) is -0.866. The Hall–Kier alpha value is -1.14. The van der Waals surface area contributed by atoms with Gasteiger partial charge < -0.3 is 19.9 Å². The van der Waals surface area contributed by atoms with Crippen molar-refractivity contribution < 1.29 is 24.2 Å². The summed E-state index contributed by atoms with van der Waals surface area (Å²) in [5.41, 5.74) is 0. The highest BCUT2D eigenvalue weighted by atomic mass is 16.5.